The molecule has 0 unspecified atom stereocenters. The van der Waals surface area contributed by atoms with Gasteiger partial charge >= 0.3 is 0 Å². The lowest BCUT2D eigenvalue weighted by Crippen LogP contribution is -2.00. The third kappa shape index (κ3) is 2.56. The quantitative estimate of drug-likeness (QED) is 0.564. The molecule has 4 rings (SSSR count). The van der Waals surface area contributed by atoms with Crippen LogP contribution in [0.25, 0.3) is 28.0 Å². The molecule has 24 heavy (non-hydrogen) atoms. The molecule has 0 aliphatic carbocycles. The van der Waals surface area contributed by atoms with Gasteiger partial charge < -0.3 is 0 Å². The highest BCUT2D eigenvalue weighted by molar-refractivity contribution is 5.84. The van der Waals surface area contributed by atoms with E-state index in [1.165, 1.54) is 0 Å². The van der Waals surface area contributed by atoms with Crippen LogP contribution in [0.1, 0.15) is 18.3 Å². The Bertz CT molecular complexity index is 1020. The molecule has 0 aliphatic heterocycles. The second-order valence-corrected chi connectivity index (χ2v) is 5.83. The van der Waals surface area contributed by atoms with E-state index in [-0.39, 0.29) is 0 Å². The van der Waals surface area contributed by atoms with E-state index in [2.05, 4.69) is 47.3 Å². The van der Waals surface area contributed by atoms with Crippen LogP contribution in [-0.4, -0.2) is 19.7 Å². The van der Waals surface area contributed by atoms with Gasteiger partial charge in [0.15, 0.2) is 5.82 Å². The first-order valence-corrected chi connectivity index (χ1v) is 8.13. The molecule has 4 nitrogen and oxygen atoms in total. The Morgan fingerprint density at radius 3 is 2.67 bits per heavy atom. The lowest BCUT2D eigenvalue weighted by Gasteiger charge is -2.06. The van der Waals surface area contributed by atoms with Gasteiger partial charge in [0.25, 0.3) is 0 Å². The van der Waals surface area contributed by atoms with Gasteiger partial charge in [0.2, 0.25) is 0 Å². The third-order valence-corrected chi connectivity index (χ3v) is 4.13. The number of hydrogen-bond acceptors (Lipinski definition) is 3. The van der Waals surface area contributed by atoms with Crippen molar-refractivity contribution < 1.29 is 0 Å². The van der Waals surface area contributed by atoms with Crippen molar-refractivity contribution in [2.75, 3.05) is 0 Å². The van der Waals surface area contributed by atoms with Gasteiger partial charge in [-0.1, -0.05) is 31.2 Å². The van der Waals surface area contributed by atoms with E-state index < -0.39 is 0 Å². The van der Waals surface area contributed by atoms with Crippen molar-refractivity contribution in [1.82, 2.24) is 19.7 Å². The van der Waals surface area contributed by atoms with Crippen molar-refractivity contribution in [3.63, 3.8) is 0 Å². The van der Waals surface area contributed by atoms with Gasteiger partial charge in [-0.3, -0.25) is 4.98 Å². The van der Waals surface area contributed by atoms with Crippen LogP contribution in [0, 0.1) is 6.92 Å². The lowest BCUT2D eigenvalue weighted by atomic mass is 10.1. The molecule has 0 atom stereocenters. The smallest absolute Gasteiger partial charge is 0.154 e. The monoisotopic (exact) mass is 314 g/mol. The Hall–Kier alpha value is -3.01. The predicted molar refractivity (Wildman–Crippen MR) is 96.2 cm³/mol. The summed E-state index contributed by atoms with van der Waals surface area (Å²) in [6, 6.07) is 18.4. The van der Waals surface area contributed by atoms with E-state index in [0.29, 0.717) is 0 Å². The zero-order valence-corrected chi connectivity index (χ0v) is 13.8. The zero-order chi connectivity index (χ0) is 16.5. The minimum absolute atomic E-state index is 0.831. The molecule has 4 aromatic rings. The molecule has 0 saturated carbocycles. The van der Waals surface area contributed by atoms with Crippen molar-refractivity contribution in [3.8, 4) is 17.1 Å². The van der Waals surface area contributed by atoms with Crippen molar-refractivity contribution in [2.24, 2.45) is 0 Å². The Labute approximate surface area is 140 Å². The van der Waals surface area contributed by atoms with Crippen LogP contribution < -0.4 is 0 Å². The minimum Gasteiger partial charge on any atom is -0.253 e. The molecule has 4 heteroatoms. The van der Waals surface area contributed by atoms with Crippen LogP contribution in [0.3, 0.4) is 0 Å². The highest BCUT2D eigenvalue weighted by Crippen LogP contribution is 2.25. The van der Waals surface area contributed by atoms with Crippen LogP contribution >= 0.6 is 0 Å². The summed E-state index contributed by atoms with van der Waals surface area (Å²) >= 11 is 0. The molecule has 0 radical (unpaired) electrons. The number of pyridine rings is 2. The Balaban J connectivity index is 1.87. The molecule has 0 amide bonds. The summed E-state index contributed by atoms with van der Waals surface area (Å²) in [5, 5.41) is 5.60. The summed E-state index contributed by atoms with van der Waals surface area (Å²) in [6.45, 7) is 4.11. The number of benzene rings is 1. The molecule has 3 aromatic heterocycles. The highest BCUT2D eigenvalue weighted by atomic mass is 15.3. The Morgan fingerprint density at radius 2 is 1.83 bits per heavy atom. The second-order valence-electron chi connectivity index (χ2n) is 5.83. The number of aryl methyl sites for hydroxylation is 2. The second kappa shape index (κ2) is 5.89. The van der Waals surface area contributed by atoms with Crippen LogP contribution in [0.2, 0.25) is 0 Å². The van der Waals surface area contributed by atoms with E-state index in [4.69, 9.17) is 4.98 Å². The van der Waals surface area contributed by atoms with E-state index in [0.717, 1.165) is 45.8 Å². The highest BCUT2D eigenvalue weighted by Gasteiger charge is 2.09. The maximum absolute atomic E-state index is 4.72. The lowest BCUT2D eigenvalue weighted by molar-refractivity contribution is 0.867. The summed E-state index contributed by atoms with van der Waals surface area (Å²) in [7, 11) is 0. The van der Waals surface area contributed by atoms with E-state index >= 15 is 0 Å². The summed E-state index contributed by atoms with van der Waals surface area (Å²) in [5.41, 5.74) is 5.19. The zero-order valence-electron chi connectivity index (χ0n) is 13.8. The molecular weight excluding hydrogens is 296 g/mol. The molecular formula is C20H18N4. The fourth-order valence-corrected chi connectivity index (χ4v) is 2.84. The molecule has 3 heterocycles. The standard InChI is InChI=1S/C20H18N4/c1-3-17-7-5-8-18(23-17)15-10-11-16-13-21-24(19(16)12-15)20-9-4-6-14(2)22-20/h4-13H,3H2,1-2H3. The van der Waals surface area contributed by atoms with Crippen LogP contribution in [0.4, 0.5) is 0 Å². The average Bonchev–Trinajstić information content (AvgIpc) is 3.05. The Kier molecular flexibility index (Phi) is 3.58. The van der Waals surface area contributed by atoms with Crippen molar-refractivity contribution in [1.29, 1.82) is 0 Å². The summed E-state index contributed by atoms with van der Waals surface area (Å²) in [6.07, 6.45) is 2.81. The first-order valence-electron chi connectivity index (χ1n) is 8.13. The van der Waals surface area contributed by atoms with Crippen molar-refractivity contribution >= 4 is 10.9 Å². The van der Waals surface area contributed by atoms with E-state index in [1.807, 2.05) is 42.1 Å². The first-order chi connectivity index (χ1) is 11.7. The molecule has 0 fully saturated rings. The van der Waals surface area contributed by atoms with Gasteiger partial charge in [0.1, 0.15) is 0 Å². The summed E-state index contributed by atoms with van der Waals surface area (Å²) in [4.78, 5) is 9.30. The number of rotatable bonds is 3. The fourth-order valence-electron chi connectivity index (χ4n) is 2.84. The number of hydrogen-bond donors (Lipinski definition) is 0. The number of fused-ring (bicyclic) bond motifs is 1. The van der Waals surface area contributed by atoms with Crippen molar-refractivity contribution in [3.05, 3.63) is 72.2 Å². The fraction of sp³-hybridized carbons (Fsp3) is 0.150. The first kappa shape index (κ1) is 14.6. The summed E-state index contributed by atoms with van der Waals surface area (Å²) in [5.74, 6) is 0.831. The van der Waals surface area contributed by atoms with Gasteiger partial charge in [-0.2, -0.15) is 5.10 Å². The van der Waals surface area contributed by atoms with Gasteiger partial charge in [0, 0.05) is 22.3 Å². The van der Waals surface area contributed by atoms with Gasteiger partial charge in [0.05, 0.1) is 17.4 Å². The van der Waals surface area contributed by atoms with Crippen molar-refractivity contribution in [2.45, 2.75) is 20.3 Å². The van der Waals surface area contributed by atoms with Crippen LogP contribution in [-0.2, 0) is 6.42 Å². The predicted octanol–water partition coefficient (Wildman–Crippen LogP) is 4.35. The Morgan fingerprint density at radius 1 is 0.958 bits per heavy atom. The third-order valence-electron chi connectivity index (χ3n) is 4.13. The average molecular weight is 314 g/mol. The van der Waals surface area contributed by atoms with E-state index in [1.54, 1.807) is 0 Å². The van der Waals surface area contributed by atoms with E-state index in [9.17, 15) is 0 Å². The van der Waals surface area contributed by atoms with Gasteiger partial charge in [-0.05, 0) is 43.7 Å². The topological polar surface area (TPSA) is 43.6 Å². The normalized spacial score (nSPS) is 11.1. The largest absolute Gasteiger partial charge is 0.253 e. The van der Waals surface area contributed by atoms with Gasteiger partial charge in [-0.15, -0.1) is 0 Å². The van der Waals surface area contributed by atoms with Gasteiger partial charge in [-0.25, -0.2) is 9.67 Å². The minimum atomic E-state index is 0.831. The maximum Gasteiger partial charge on any atom is 0.154 e. The molecule has 118 valence electrons. The molecule has 0 N–H and O–H groups in total. The molecule has 0 spiro atoms. The van der Waals surface area contributed by atoms with Crippen LogP contribution in [0.5, 0.6) is 0 Å². The number of aromatic nitrogens is 4. The molecule has 0 saturated heterocycles. The molecule has 0 bridgehead atoms. The SMILES string of the molecule is CCc1cccc(-c2ccc3cnn(-c4cccc(C)n4)c3c2)n1. The van der Waals surface area contributed by atoms with Crippen LogP contribution in [0.15, 0.2) is 60.8 Å². The summed E-state index contributed by atoms with van der Waals surface area (Å²) < 4.78 is 1.88. The molecule has 1 aromatic carbocycles. The molecule has 0 aliphatic rings. The number of nitrogens with zero attached hydrogens (tertiary/aromatic N) is 4. The maximum atomic E-state index is 4.72.